The molecule has 0 bridgehead atoms. The van der Waals surface area contributed by atoms with Gasteiger partial charge in [0.2, 0.25) is 12.1 Å². The predicted molar refractivity (Wildman–Crippen MR) is 102 cm³/mol. The highest BCUT2D eigenvalue weighted by Crippen LogP contribution is 2.40. The van der Waals surface area contributed by atoms with Gasteiger partial charge in [0, 0.05) is 17.2 Å². The molecule has 1 saturated heterocycles. The monoisotopic (exact) mass is 432 g/mol. The number of hydrogen-bond acceptors (Lipinski definition) is 10. The van der Waals surface area contributed by atoms with Crippen molar-refractivity contribution < 1.29 is 49.7 Å². The van der Waals surface area contributed by atoms with E-state index in [1.165, 1.54) is 12.1 Å². The smallest absolute Gasteiger partial charge is 0.229 e. The maximum absolute atomic E-state index is 13.2. The van der Waals surface area contributed by atoms with E-state index in [1.807, 2.05) is 0 Å². The fraction of sp³-hybridized carbons (Fsp3) is 0.333. The Balaban J connectivity index is 1.79. The van der Waals surface area contributed by atoms with Crippen molar-refractivity contribution in [1.82, 2.24) is 0 Å². The number of carbonyl (C=O) groups excluding carboxylic acids is 2. The first kappa shape index (κ1) is 21.2. The van der Waals surface area contributed by atoms with Crippen molar-refractivity contribution >= 4 is 11.6 Å². The molecule has 6 N–H and O–H groups in total. The summed E-state index contributed by atoms with van der Waals surface area (Å²) >= 11 is 0. The van der Waals surface area contributed by atoms with Gasteiger partial charge in [-0.3, -0.25) is 9.59 Å². The number of aliphatic hydroxyl groups excluding tert-OH is 4. The first-order valence-electron chi connectivity index (χ1n) is 9.41. The summed E-state index contributed by atoms with van der Waals surface area (Å²) < 4.78 is 10.8. The molecule has 1 heterocycles. The standard InChI is InChI=1S/C21H20O10/c1-7-2-9-14(11(24)3-7)18(27)15-10(16(9)25)4-8(23)5-12(15)30-21-20(29)19(28)17(26)13(6-22)31-21/h2-5,13,17,19-24,26,28-29H,6H2,1H3/t13-,17-,19-,20-,21-/m1/s1. The van der Waals surface area contributed by atoms with Crippen molar-refractivity contribution in [3.63, 3.8) is 0 Å². The fourth-order valence-corrected chi connectivity index (χ4v) is 3.85. The SMILES string of the molecule is Cc1cc(O)c2c(c1)C(=O)c1cc(O)cc(O[C@@H]3O[C@H](CO)[C@@H](O)[C@@H](O)[C@H]3O)c1C2=O. The summed E-state index contributed by atoms with van der Waals surface area (Å²) in [4.78, 5) is 26.2. The summed E-state index contributed by atoms with van der Waals surface area (Å²) in [5.41, 5.74) is -0.154. The van der Waals surface area contributed by atoms with E-state index in [-0.39, 0.29) is 28.0 Å². The van der Waals surface area contributed by atoms with Gasteiger partial charge >= 0.3 is 0 Å². The molecule has 1 aliphatic heterocycles. The zero-order valence-electron chi connectivity index (χ0n) is 16.2. The van der Waals surface area contributed by atoms with Gasteiger partial charge in [0.05, 0.1) is 17.7 Å². The maximum Gasteiger partial charge on any atom is 0.229 e. The number of phenols is 2. The third-order valence-corrected chi connectivity index (χ3v) is 5.38. The first-order chi connectivity index (χ1) is 14.6. The Kier molecular flexibility index (Phi) is 5.20. The molecule has 2 aromatic rings. The molecule has 0 unspecified atom stereocenters. The van der Waals surface area contributed by atoms with E-state index in [0.29, 0.717) is 5.56 Å². The van der Waals surface area contributed by atoms with Gasteiger partial charge in [0.1, 0.15) is 41.7 Å². The normalized spacial score (nSPS) is 27.6. The lowest BCUT2D eigenvalue weighted by molar-refractivity contribution is -0.277. The molecular weight excluding hydrogens is 412 g/mol. The van der Waals surface area contributed by atoms with E-state index in [1.54, 1.807) is 6.92 Å². The number of fused-ring (bicyclic) bond motifs is 2. The summed E-state index contributed by atoms with van der Waals surface area (Å²) in [6.07, 6.45) is -8.02. The summed E-state index contributed by atoms with van der Waals surface area (Å²) in [7, 11) is 0. The van der Waals surface area contributed by atoms with E-state index in [9.17, 15) is 40.2 Å². The van der Waals surface area contributed by atoms with Gasteiger partial charge in [0.25, 0.3) is 0 Å². The average Bonchev–Trinajstić information content (AvgIpc) is 2.71. The average molecular weight is 432 g/mol. The lowest BCUT2D eigenvalue weighted by Gasteiger charge is -2.39. The van der Waals surface area contributed by atoms with Crippen LogP contribution in [0.4, 0.5) is 0 Å². The number of aryl methyl sites for hydroxylation is 1. The van der Waals surface area contributed by atoms with Crippen LogP contribution in [0.3, 0.4) is 0 Å². The molecule has 10 heteroatoms. The van der Waals surface area contributed by atoms with Crippen LogP contribution in [0.2, 0.25) is 0 Å². The van der Waals surface area contributed by atoms with Crippen molar-refractivity contribution in [2.75, 3.05) is 6.61 Å². The van der Waals surface area contributed by atoms with E-state index in [2.05, 4.69) is 0 Å². The molecule has 0 spiro atoms. The largest absolute Gasteiger partial charge is 0.508 e. The quantitative estimate of drug-likeness (QED) is 0.312. The molecular formula is C21H20O10. The Morgan fingerprint density at radius 2 is 1.58 bits per heavy atom. The minimum absolute atomic E-state index is 0.0283. The molecule has 2 aromatic carbocycles. The highest BCUT2D eigenvalue weighted by Gasteiger charge is 2.45. The van der Waals surface area contributed by atoms with Gasteiger partial charge in [-0.25, -0.2) is 0 Å². The van der Waals surface area contributed by atoms with Crippen LogP contribution in [0, 0.1) is 6.92 Å². The summed E-state index contributed by atoms with van der Waals surface area (Å²) in [6, 6.07) is 4.87. The number of hydrogen-bond donors (Lipinski definition) is 6. The van der Waals surface area contributed by atoms with Crippen LogP contribution in [-0.4, -0.2) is 79.5 Å². The van der Waals surface area contributed by atoms with E-state index < -0.39 is 60.4 Å². The minimum Gasteiger partial charge on any atom is -0.508 e. The highest BCUT2D eigenvalue weighted by atomic mass is 16.7. The van der Waals surface area contributed by atoms with Crippen molar-refractivity contribution in [3.8, 4) is 17.2 Å². The zero-order valence-corrected chi connectivity index (χ0v) is 16.2. The first-order valence-corrected chi connectivity index (χ1v) is 9.41. The molecule has 1 fully saturated rings. The van der Waals surface area contributed by atoms with Gasteiger partial charge in [-0.05, 0) is 30.7 Å². The highest BCUT2D eigenvalue weighted by molar-refractivity contribution is 6.30. The number of carbonyl (C=O) groups is 2. The number of aliphatic hydroxyl groups is 4. The molecule has 4 rings (SSSR count). The van der Waals surface area contributed by atoms with Crippen molar-refractivity contribution in [1.29, 1.82) is 0 Å². The molecule has 0 aromatic heterocycles. The molecule has 164 valence electrons. The third kappa shape index (κ3) is 3.34. The van der Waals surface area contributed by atoms with Gasteiger partial charge < -0.3 is 40.1 Å². The van der Waals surface area contributed by atoms with Gasteiger partial charge in [-0.15, -0.1) is 0 Å². The van der Waals surface area contributed by atoms with Crippen LogP contribution in [0.5, 0.6) is 17.2 Å². The number of rotatable bonds is 3. The Bertz CT molecular complexity index is 1080. The second kappa shape index (κ2) is 7.59. The van der Waals surface area contributed by atoms with Crippen LogP contribution < -0.4 is 4.74 Å². The second-order valence-electron chi connectivity index (χ2n) is 7.55. The molecule has 0 radical (unpaired) electrons. The molecule has 0 amide bonds. The predicted octanol–water partition coefficient (Wildman–Crippen LogP) is -0.640. The molecule has 31 heavy (non-hydrogen) atoms. The van der Waals surface area contributed by atoms with Gasteiger partial charge in [-0.2, -0.15) is 0 Å². The molecule has 10 nitrogen and oxygen atoms in total. The number of aromatic hydroxyl groups is 2. The Morgan fingerprint density at radius 3 is 2.26 bits per heavy atom. The summed E-state index contributed by atoms with van der Waals surface area (Å²) in [5.74, 6) is -2.53. The number of ether oxygens (including phenoxy) is 2. The minimum atomic E-state index is -1.77. The van der Waals surface area contributed by atoms with E-state index in [0.717, 1.165) is 12.1 Å². The van der Waals surface area contributed by atoms with Gasteiger partial charge in [0.15, 0.2) is 5.78 Å². The fourth-order valence-electron chi connectivity index (χ4n) is 3.85. The van der Waals surface area contributed by atoms with Crippen LogP contribution in [0.1, 0.15) is 37.4 Å². The molecule has 1 aliphatic carbocycles. The molecule has 0 saturated carbocycles. The van der Waals surface area contributed by atoms with Crippen LogP contribution in [0.25, 0.3) is 0 Å². The number of benzene rings is 2. The van der Waals surface area contributed by atoms with Crippen LogP contribution in [-0.2, 0) is 4.74 Å². The van der Waals surface area contributed by atoms with Crippen LogP contribution >= 0.6 is 0 Å². The Labute approximate surface area is 175 Å². The number of phenolic OH excluding ortho intramolecular Hbond substituents is 2. The van der Waals surface area contributed by atoms with Crippen LogP contribution in [0.15, 0.2) is 24.3 Å². The topological polar surface area (TPSA) is 174 Å². The Hall–Kier alpha value is -3.02. The molecule has 5 atom stereocenters. The van der Waals surface area contributed by atoms with Crippen molar-refractivity contribution in [2.45, 2.75) is 37.6 Å². The van der Waals surface area contributed by atoms with E-state index in [4.69, 9.17) is 9.47 Å². The lowest BCUT2D eigenvalue weighted by Crippen LogP contribution is -2.60. The van der Waals surface area contributed by atoms with Crippen molar-refractivity contribution in [2.24, 2.45) is 0 Å². The zero-order chi connectivity index (χ0) is 22.6. The van der Waals surface area contributed by atoms with Gasteiger partial charge in [-0.1, -0.05) is 0 Å². The maximum atomic E-state index is 13.2. The molecule has 2 aliphatic rings. The lowest BCUT2D eigenvalue weighted by atomic mass is 9.82. The second-order valence-corrected chi connectivity index (χ2v) is 7.55. The Morgan fingerprint density at radius 1 is 0.903 bits per heavy atom. The summed E-state index contributed by atoms with van der Waals surface area (Å²) in [5, 5.41) is 59.8. The van der Waals surface area contributed by atoms with E-state index >= 15 is 0 Å². The summed E-state index contributed by atoms with van der Waals surface area (Å²) in [6.45, 7) is 0.949. The number of ketones is 2. The third-order valence-electron chi connectivity index (χ3n) is 5.38. The van der Waals surface area contributed by atoms with Crippen molar-refractivity contribution in [3.05, 3.63) is 52.1 Å².